The third-order valence-electron chi connectivity index (χ3n) is 4.10. The van der Waals surface area contributed by atoms with Gasteiger partial charge in [-0.3, -0.25) is 0 Å². The number of nitrogens with one attached hydrogen (secondary N) is 1. The minimum absolute atomic E-state index is 0.245. The highest BCUT2D eigenvalue weighted by molar-refractivity contribution is 5.40. The Morgan fingerprint density at radius 3 is 2.52 bits per heavy atom. The van der Waals surface area contributed by atoms with E-state index in [0.717, 1.165) is 19.4 Å². The molecule has 0 radical (unpaired) electrons. The molecule has 0 aliphatic heterocycles. The van der Waals surface area contributed by atoms with E-state index in [-0.39, 0.29) is 6.61 Å². The standard InChI is InChI=1S/C18H26N2O/c1-4-17(10-11-21)19-13-16-12-14(2)20(15(16)3)18-8-6-5-7-9-18/h5-9,12,17,19,21H,4,10-11,13H2,1-3H3. The average molecular weight is 286 g/mol. The fraction of sp³-hybridized carbons (Fsp3) is 0.444. The summed E-state index contributed by atoms with van der Waals surface area (Å²) < 4.78 is 2.30. The lowest BCUT2D eigenvalue weighted by atomic mass is 10.1. The second-order valence-corrected chi connectivity index (χ2v) is 5.57. The van der Waals surface area contributed by atoms with Gasteiger partial charge in [-0.1, -0.05) is 25.1 Å². The summed E-state index contributed by atoms with van der Waals surface area (Å²) in [5.41, 5.74) is 5.07. The van der Waals surface area contributed by atoms with Gasteiger partial charge in [0.05, 0.1) is 0 Å². The van der Waals surface area contributed by atoms with Crippen molar-refractivity contribution >= 4 is 0 Å². The quantitative estimate of drug-likeness (QED) is 0.819. The number of benzene rings is 1. The predicted octanol–water partition coefficient (Wildman–Crippen LogP) is 3.34. The van der Waals surface area contributed by atoms with Crippen molar-refractivity contribution in [2.75, 3.05) is 6.61 Å². The largest absolute Gasteiger partial charge is 0.396 e. The first-order valence-corrected chi connectivity index (χ1v) is 7.74. The first-order valence-electron chi connectivity index (χ1n) is 7.74. The summed E-state index contributed by atoms with van der Waals surface area (Å²) >= 11 is 0. The number of aliphatic hydroxyl groups is 1. The van der Waals surface area contributed by atoms with E-state index < -0.39 is 0 Å². The van der Waals surface area contributed by atoms with Gasteiger partial charge < -0.3 is 15.0 Å². The van der Waals surface area contributed by atoms with Gasteiger partial charge in [-0.15, -0.1) is 0 Å². The van der Waals surface area contributed by atoms with Gasteiger partial charge in [-0.25, -0.2) is 0 Å². The van der Waals surface area contributed by atoms with Crippen molar-refractivity contribution in [1.82, 2.24) is 9.88 Å². The number of para-hydroxylation sites is 1. The Kier molecular flexibility index (Phi) is 5.59. The van der Waals surface area contributed by atoms with E-state index in [1.54, 1.807) is 0 Å². The number of hydrogen-bond acceptors (Lipinski definition) is 2. The highest BCUT2D eigenvalue weighted by Gasteiger charge is 2.12. The molecule has 0 fully saturated rings. The molecule has 2 rings (SSSR count). The lowest BCUT2D eigenvalue weighted by Crippen LogP contribution is -2.29. The van der Waals surface area contributed by atoms with E-state index >= 15 is 0 Å². The van der Waals surface area contributed by atoms with E-state index in [9.17, 15) is 0 Å². The van der Waals surface area contributed by atoms with Crippen LogP contribution in [0.2, 0.25) is 0 Å². The Morgan fingerprint density at radius 2 is 1.90 bits per heavy atom. The highest BCUT2D eigenvalue weighted by Crippen LogP contribution is 2.20. The zero-order valence-electron chi connectivity index (χ0n) is 13.3. The summed E-state index contributed by atoms with van der Waals surface area (Å²) in [6.07, 6.45) is 1.85. The van der Waals surface area contributed by atoms with E-state index in [0.29, 0.717) is 6.04 Å². The molecule has 3 heteroatoms. The van der Waals surface area contributed by atoms with Crippen molar-refractivity contribution in [2.45, 2.75) is 46.2 Å². The number of aryl methyl sites for hydroxylation is 1. The minimum Gasteiger partial charge on any atom is -0.396 e. The maximum Gasteiger partial charge on any atom is 0.0455 e. The van der Waals surface area contributed by atoms with Crippen LogP contribution in [0.15, 0.2) is 36.4 Å². The molecule has 0 bridgehead atoms. The second kappa shape index (κ2) is 7.43. The Morgan fingerprint density at radius 1 is 1.19 bits per heavy atom. The molecule has 2 N–H and O–H groups in total. The number of hydrogen-bond donors (Lipinski definition) is 2. The third kappa shape index (κ3) is 3.74. The van der Waals surface area contributed by atoms with Crippen LogP contribution in [0.25, 0.3) is 5.69 Å². The van der Waals surface area contributed by atoms with Crippen molar-refractivity contribution in [3.05, 3.63) is 53.3 Å². The molecular weight excluding hydrogens is 260 g/mol. The molecule has 0 aliphatic rings. The minimum atomic E-state index is 0.245. The van der Waals surface area contributed by atoms with Crippen LogP contribution in [0.3, 0.4) is 0 Å². The van der Waals surface area contributed by atoms with Crippen LogP contribution in [0.4, 0.5) is 0 Å². The van der Waals surface area contributed by atoms with Gasteiger partial charge in [0.2, 0.25) is 0 Å². The zero-order chi connectivity index (χ0) is 15.2. The summed E-state index contributed by atoms with van der Waals surface area (Å²) in [7, 11) is 0. The fourth-order valence-corrected chi connectivity index (χ4v) is 2.84. The van der Waals surface area contributed by atoms with Crippen LogP contribution < -0.4 is 5.32 Å². The van der Waals surface area contributed by atoms with Crippen molar-refractivity contribution in [3.8, 4) is 5.69 Å². The highest BCUT2D eigenvalue weighted by atomic mass is 16.3. The number of nitrogens with zero attached hydrogens (tertiary/aromatic N) is 1. The molecule has 1 unspecified atom stereocenters. The van der Waals surface area contributed by atoms with Crippen molar-refractivity contribution < 1.29 is 5.11 Å². The number of aliphatic hydroxyl groups excluding tert-OH is 1. The molecule has 2 aromatic rings. The van der Waals surface area contributed by atoms with Gasteiger partial charge in [0, 0.05) is 36.3 Å². The van der Waals surface area contributed by atoms with Crippen molar-refractivity contribution in [3.63, 3.8) is 0 Å². The number of aromatic nitrogens is 1. The van der Waals surface area contributed by atoms with Crippen LogP contribution in [0, 0.1) is 13.8 Å². The molecule has 114 valence electrons. The lowest BCUT2D eigenvalue weighted by Gasteiger charge is -2.16. The molecule has 3 nitrogen and oxygen atoms in total. The van der Waals surface area contributed by atoms with Gasteiger partial charge >= 0.3 is 0 Å². The topological polar surface area (TPSA) is 37.2 Å². The predicted molar refractivity (Wildman–Crippen MR) is 87.9 cm³/mol. The van der Waals surface area contributed by atoms with Crippen LogP contribution in [0.5, 0.6) is 0 Å². The van der Waals surface area contributed by atoms with Gasteiger partial charge in [-0.2, -0.15) is 0 Å². The van der Waals surface area contributed by atoms with Crippen LogP contribution >= 0.6 is 0 Å². The Bertz CT molecular complexity index is 560. The van der Waals surface area contributed by atoms with Crippen molar-refractivity contribution in [1.29, 1.82) is 0 Å². The SMILES string of the molecule is CCC(CCO)NCc1cc(C)n(-c2ccccc2)c1C. The first kappa shape index (κ1) is 15.8. The third-order valence-corrected chi connectivity index (χ3v) is 4.10. The Labute approximate surface area is 127 Å². The summed E-state index contributed by atoms with van der Waals surface area (Å²) in [6, 6.07) is 13.1. The molecule has 0 aliphatic carbocycles. The molecule has 21 heavy (non-hydrogen) atoms. The van der Waals surface area contributed by atoms with E-state index in [4.69, 9.17) is 5.11 Å². The van der Waals surface area contributed by atoms with E-state index in [1.807, 2.05) is 6.07 Å². The first-order chi connectivity index (χ1) is 10.2. The Balaban J connectivity index is 2.16. The average Bonchev–Trinajstić information content (AvgIpc) is 2.78. The molecule has 1 heterocycles. The fourth-order valence-electron chi connectivity index (χ4n) is 2.84. The zero-order valence-corrected chi connectivity index (χ0v) is 13.3. The van der Waals surface area contributed by atoms with Crippen LogP contribution in [0.1, 0.15) is 36.7 Å². The lowest BCUT2D eigenvalue weighted by molar-refractivity contribution is 0.262. The molecule has 1 aromatic carbocycles. The molecule has 0 spiro atoms. The van der Waals surface area contributed by atoms with Gasteiger partial charge in [0.25, 0.3) is 0 Å². The second-order valence-electron chi connectivity index (χ2n) is 5.57. The smallest absolute Gasteiger partial charge is 0.0455 e. The van der Waals surface area contributed by atoms with Crippen LogP contribution in [-0.4, -0.2) is 22.3 Å². The molecular formula is C18H26N2O. The van der Waals surface area contributed by atoms with Crippen molar-refractivity contribution in [2.24, 2.45) is 0 Å². The maximum absolute atomic E-state index is 9.07. The Hall–Kier alpha value is -1.58. The molecule has 0 saturated heterocycles. The summed E-state index contributed by atoms with van der Waals surface area (Å²) in [5.74, 6) is 0. The molecule has 0 amide bonds. The monoisotopic (exact) mass is 286 g/mol. The number of rotatable bonds is 7. The molecule has 0 saturated carbocycles. The van der Waals surface area contributed by atoms with Gasteiger partial charge in [0.15, 0.2) is 0 Å². The summed E-state index contributed by atoms with van der Waals surface area (Å²) in [6.45, 7) is 7.57. The molecule has 1 aromatic heterocycles. The summed E-state index contributed by atoms with van der Waals surface area (Å²) in [4.78, 5) is 0. The van der Waals surface area contributed by atoms with E-state index in [2.05, 4.69) is 61.0 Å². The maximum atomic E-state index is 9.07. The van der Waals surface area contributed by atoms with Gasteiger partial charge in [0.1, 0.15) is 0 Å². The van der Waals surface area contributed by atoms with Gasteiger partial charge in [-0.05, 0) is 50.5 Å². The normalized spacial score (nSPS) is 12.6. The van der Waals surface area contributed by atoms with Crippen LogP contribution in [-0.2, 0) is 6.54 Å². The van der Waals surface area contributed by atoms with E-state index in [1.165, 1.54) is 22.6 Å². The summed E-state index contributed by atoms with van der Waals surface area (Å²) in [5, 5.41) is 12.6. The molecule has 1 atom stereocenters.